The van der Waals surface area contributed by atoms with Crippen LogP contribution in [0.4, 0.5) is 4.79 Å². The largest absolute Gasteiger partial charge is 0.450 e. The summed E-state index contributed by atoms with van der Waals surface area (Å²) in [5.41, 5.74) is 0. The number of alkyl carbamates (subject to hydrolysis) is 1. The highest BCUT2D eigenvalue weighted by Crippen LogP contribution is 1.88. The summed E-state index contributed by atoms with van der Waals surface area (Å²) in [6.45, 7) is 4.26. The van der Waals surface area contributed by atoms with Gasteiger partial charge >= 0.3 is 6.09 Å². The summed E-state index contributed by atoms with van der Waals surface area (Å²) in [7, 11) is 4.03. The molecule has 0 rings (SSSR count). The third kappa shape index (κ3) is 13.5. The highest BCUT2D eigenvalue weighted by atomic mass is 35.5. The van der Waals surface area contributed by atoms with Gasteiger partial charge in [-0.3, -0.25) is 0 Å². The Bertz CT molecular complexity index is 154. The van der Waals surface area contributed by atoms with Crippen LogP contribution in [0, 0.1) is 0 Å². The molecule has 0 aromatic carbocycles. The molecule has 0 aliphatic rings. The van der Waals surface area contributed by atoms with Crippen LogP contribution in [0.2, 0.25) is 0 Å². The molecule has 0 unspecified atom stereocenters. The number of amides is 1. The molecule has 0 aromatic heterocycles. The molecule has 0 spiro atoms. The van der Waals surface area contributed by atoms with Gasteiger partial charge in [-0.15, -0.1) is 12.4 Å². The molecule has 0 saturated heterocycles. The molecule has 0 radical (unpaired) electrons. The van der Waals surface area contributed by atoms with E-state index in [0.717, 1.165) is 25.8 Å². The average Bonchev–Trinajstić information content (AvgIpc) is 2.13. The molecule has 92 valence electrons. The van der Waals surface area contributed by atoms with E-state index in [-0.39, 0.29) is 18.5 Å². The van der Waals surface area contributed by atoms with Crippen molar-refractivity contribution in [1.29, 1.82) is 0 Å². The molecule has 0 aliphatic carbocycles. The summed E-state index contributed by atoms with van der Waals surface area (Å²) in [6, 6.07) is 0. The first-order valence-corrected chi connectivity index (χ1v) is 5.22. The summed E-state index contributed by atoms with van der Waals surface area (Å²) in [5.74, 6) is 0. The van der Waals surface area contributed by atoms with Crippen molar-refractivity contribution < 1.29 is 9.53 Å². The van der Waals surface area contributed by atoms with Crippen molar-refractivity contribution in [3.63, 3.8) is 0 Å². The van der Waals surface area contributed by atoms with Gasteiger partial charge in [-0.2, -0.15) is 0 Å². The van der Waals surface area contributed by atoms with Gasteiger partial charge < -0.3 is 15.0 Å². The first kappa shape index (κ1) is 16.9. The number of ether oxygens (including phenoxy) is 1. The quantitative estimate of drug-likeness (QED) is 0.689. The highest BCUT2D eigenvalue weighted by Gasteiger charge is 1.99. The van der Waals surface area contributed by atoms with E-state index < -0.39 is 0 Å². The van der Waals surface area contributed by atoms with E-state index in [1.54, 1.807) is 0 Å². The van der Waals surface area contributed by atoms with Gasteiger partial charge in [0.05, 0.1) is 6.61 Å². The Morgan fingerprint density at radius 3 is 2.53 bits per heavy atom. The van der Waals surface area contributed by atoms with Gasteiger partial charge in [-0.05, 0) is 33.5 Å². The van der Waals surface area contributed by atoms with Crippen LogP contribution >= 0.6 is 12.4 Å². The van der Waals surface area contributed by atoms with E-state index in [9.17, 15) is 4.79 Å². The molecule has 0 bridgehead atoms. The van der Waals surface area contributed by atoms with Crippen molar-refractivity contribution in [2.75, 3.05) is 33.8 Å². The number of nitrogens with one attached hydrogen (secondary N) is 1. The van der Waals surface area contributed by atoms with Gasteiger partial charge in [0.2, 0.25) is 0 Å². The topological polar surface area (TPSA) is 41.6 Å². The first-order valence-electron chi connectivity index (χ1n) is 5.22. The van der Waals surface area contributed by atoms with Crippen molar-refractivity contribution in [3.8, 4) is 0 Å². The standard InChI is InChI=1S/C10H22N2O2.ClH/c1-4-5-9-14-10(13)11-7-6-8-12(2)3;/h4-9H2,1-3H3,(H,11,13);1H. The van der Waals surface area contributed by atoms with Crippen LogP contribution in [0.25, 0.3) is 0 Å². The highest BCUT2D eigenvalue weighted by molar-refractivity contribution is 5.85. The molecule has 0 saturated carbocycles. The lowest BCUT2D eigenvalue weighted by Gasteiger charge is -2.09. The Kier molecular flexibility index (Phi) is 13.1. The lowest BCUT2D eigenvalue weighted by Crippen LogP contribution is -2.27. The van der Waals surface area contributed by atoms with Gasteiger partial charge in [0.1, 0.15) is 0 Å². The van der Waals surface area contributed by atoms with E-state index in [0.29, 0.717) is 13.2 Å². The molecule has 5 heteroatoms. The van der Waals surface area contributed by atoms with E-state index in [4.69, 9.17) is 4.74 Å². The number of hydrogen-bond acceptors (Lipinski definition) is 3. The zero-order chi connectivity index (χ0) is 10.8. The third-order valence-corrected chi connectivity index (χ3v) is 1.78. The molecular weight excluding hydrogens is 216 g/mol. The van der Waals surface area contributed by atoms with Crippen molar-refractivity contribution in [2.45, 2.75) is 26.2 Å². The zero-order valence-electron chi connectivity index (χ0n) is 9.91. The Morgan fingerprint density at radius 1 is 1.33 bits per heavy atom. The molecule has 0 atom stereocenters. The SMILES string of the molecule is CCCCOC(=O)NCCCN(C)C.Cl. The summed E-state index contributed by atoms with van der Waals surface area (Å²) in [4.78, 5) is 13.1. The molecule has 1 N–H and O–H groups in total. The second-order valence-electron chi connectivity index (χ2n) is 3.57. The minimum atomic E-state index is -0.294. The minimum Gasteiger partial charge on any atom is -0.450 e. The normalized spacial score (nSPS) is 9.60. The fraction of sp³-hybridized carbons (Fsp3) is 0.900. The Hall–Kier alpha value is -0.480. The molecule has 0 fully saturated rings. The number of carbonyl (C=O) groups is 1. The van der Waals surface area contributed by atoms with Crippen molar-refractivity contribution in [1.82, 2.24) is 10.2 Å². The molecule has 4 nitrogen and oxygen atoms in total. The summed E-state index contributed by atoms with van der Waals surface area (Å²) in [6.07, 6.45) is 2.65. The van der Waals surface area contributed by atoms with Crippen LogP contribution in [-0.2, 0) is 4.74 Å². The summed E-state index contributed by atoms with van der Waals surface area (Å²) in [5, 5.41) is 2.71. The monoisotopic (exact) mass is 238 g/mol. The average molecular weight is 239 g/mol. The van der Waals surface area contributed by atoms with Crippen LogP contribution in [0.1, 0.15) is 26.2 Å². The maximum Gasteiger partial charge on any atom is 0.407 e. The van der Waals surface area contributed by atoms with E-state index in [1.807, 2.05) is 14.1 Å². The van der Waals surface area contributed by atoms with Gasteiger partial charge in [-0.1, -0.05) is 13.3 Å². The minimum absolute atomic E-state index is 0. The maximum atomic E-state index is 11.0. The fourth-order valence-corrected chi connectivity index (χ4v) is 0.946. The van der Waals surface area contributed by atoms with Crippen LogP contribution in [0.15, 0.2) is 0 Å². The Balaban J connectivity index is 0. The van der Waals surface area contributed by atoms with Crippen molar-refractivity contribution >= 4 is 18.5 Å². The van der Waals surface area contributed by atoms with E-state index in [1.165, 1.54) is 0 Å². The number of hydrogen-bond donors (Lipinski definition) is 1. The summed E-state index contributed by atoms with van der Waals surface area (Å²) >= 11 is 0. The lowest BCUT2D eigenvalue weighted by atomic mass is 10.4. The second-order valence-corrected chi connectivity index (χ2v) is 3.57. The van der Waals surface area contributed by atoms with E-state index >= 15 is 0 Å². The molecule has 0 aromatic rings. The fourth-order valence-electron chi connectivity index (χ4n) is 0.946. The number of carbonyl (C=O) groups excluding carboxylic acids is 1. The summed E-state index contributed by atoms with van der Waals surface area (Å²) < 4.78 is 4.93. The van der Waals surface area contributed by atoms with Crippen LogP contribution < -0.4 is 5.32 Å². The number of nitrogens with zero attached hydrogens (tertiary/aromatic N) is 1. The molecule has 1 amide bonds. The predicted molar refractivity (Wildman–Crippen MR) is 64.7 cm³/mol. The van der Waals surface area contributed by atoms with Crippen LogP contribution in [0.3, 0.4) is 0 Å². The molecular formula is C10H23ClN2O2. The number of halogens is 1. The molecule has 0 aliphatic heterocycles. The van der Waals surface area contributed by atoms with Crippen LogP contribution in [-0.4, -0.2) is 44.8 Å². The van der Waals surface area contributed by atoms with E-state index in [2.05, 4.69) is 17.1 Å². The van der Waals surface area contributed by atoms with Crippen molar-refractivity contribution in [3.05, 3.63) is 0 Å². The third-order valence-electron chi connectivity index (χ3n) is 1.78. The lowest BCUT2D eigenvalue weighted by molar-refractivity contribution is 0.144. The smallest absolute Gasteiger partial charge is 0.407 e. The molecule has 15 heavy (non-hydrogen) atoms. The molecule has 0 heterocycles. The Labute approximate surface area is 98.8 Å². The van der Waals surface area contributed by atoms with Gasteiger partial charge in [0.25, 0.3) is 0 Å². The Morgan fingerprint density at radius 2 is 2.00 bits per heavy atom. The van der Waals surface area contributed by atoms with Gasteiger partial charge in [0, 0.05) is 6.54 Å². The number of unbranched alkanes of at least 4 members (excludes halogenated alkanes) is 1. The predicted octanol–water partition coefficient (Wildman–Crippen LogP) is 1.89. The number of rotatable bonds is 7. The second kappa shape index (κ2) is 11.6. The first-order chi connectivity index (χ1) is 6.66. The van der Waals surface area contributed by atoms with Crippen LogP contribution in [0.5, 0.6) is 0 Å². The van der Waals surface area contributed by atoms with Gasteiger partial charge in [-0.25, -0.2) is 4.79 Å². The zero-order valence-corrected chi connectivity index (χ0v) is 10.7. The maximum absolute atomic E-state index is 11.0. The van der Waals surface area contributed by atoms with Gasteiger partial charge in [0.15, 0.2) is 0 Å². The van der Waals surface area contributed by atoms with Crippen molar-refractivity contribution in [2.24, 2.45) is 0 Å².